The van der Waals surface area contributed by atoms with Gasteiger partial charge in [-0.25, -0.2) is 0 Å². The Morgan fingerprint density at radius 3 is 2.22 bits per heavy atom. The molecule has 0 fully saturated rings. The van der Waals surface area contributed by atoms with Crippen LogP contribution in [-0.2, 0) is 12.8 Å². The van der Waals surface area contributed by atoms with Gasteiger partial charge in [0, 0.05) is 0 Å². The van der Waals surface area contributed by atoms with E-state index in [9.17, 15) is 0 Å². The first-order valence-electron chi connectivity index (χ1n) is 8.17. The molecule has 0 atom stereocenters. The van der Waals surface area contributed by atoms with Crippen LogP contribution in [0.1, 0.15) is 18.0 Å². The standard InChI is InChI=1S/C16H18O2/c1-17-15-11-10-14(12-16(15)18-2)9-8-13-6-4-3-5-7-13/h3-7,10-12H,8-9H2,1-2H3/i3D,4D,5D,6D,7D. The highest BCUT2D eigenvalue weighted by Gasteiger charge is 2.04. The molecule has 0 radical (unpaired) electrons. The van der Waals surface area contributed by atoms with Crippen molar-refractivity contribution in [1.29, 1.82) is 0 Å². The lowest BCUT2D eigenvalue weighted by Gasteiger charge is -2.09. The van der Waals surface area contributed by atoms with Gasteiger partial charge in [0.15, 0.2) is 11.5 Å². The minimum absolute atomic E-state index is 0.142. The quantitative estimate of drug-likeness (QED) is 0.805. The summed E-state index contributed by atoms with van der Waals surface area (Å²) < 4.78 is 49.3. The maximum atomic E-state index is 7.93. The van der Waals surface area contributed by atoms with Crippen LogP contribution in [0.3, 0.4) is 0 Å². The molecular formula is C16H18O2. The smallest absolute Gasteiger partial charge is 0.160 e. The fourth-order valence-corrected chi connectivity index (χ4v) is 1.71. The molecule has 2 aromatic carbocycles. The lowest BCUT2D eigenvalue weighted by atomic mass is 10.0. The number of methoxy groups -OCH3 is 2. The topological polar surface area (TPSA) is 18.5 Å². The Morgan fingerprint density at radius 2 is 1.56 bits per heavy atom. The second-order valence-electron chi connectivity index (χ2n) is 3.79. The van der Waals surface area contributed by atoms with Crippen molar-refractivity contribution < 1.29 is 16.3 Å². The predicted octanol–water partition coefficient (Wildman–Crippen LogP) is 3.49. The van der Waals surface area contributed by atoms with Crippen LogP contribution in [0.25, 0.3) is 0 Å². The average molecular weight is 247 g/mol. The minimum atomic E-state index is -0.366. The maximum Gasteiger partial charge on any atom is 0.160 e. The van der Waals surface area contributed by atoms with Crippen LogP contribution in [0, 0.1) is 0 Å². The molecule has 0 spiro atoms. The molecule has 0 aliphatic heterocycles. The van der Waals surface area contributed by atoms with Crippen LogP contribution in [0.15, 0.2) is 48.4 Å². The third-order valence-electron chi connectivity index (χ3n) is 2.66. The zero-order chi connectivity index (χ0) is 17.1. The third-order valence-corrected chi connectivity index (χ3v) is 2.66. The second-order valence-corrected chi connectivity index (χ2v) is 3.79. The molecule has 0 N–H and O–H groups in total. The molecule has 0 aliphatic carbocycles. The minimum Gasteiger partial charge on any atom is -0.493 e. The van der Waals surface area contributed by atoms with Gasteiger partial charge >= 0.3 is 0 Å². The van der Waals surface area contributed by atoms with E-state index in [2.05, 4.69) is 0 Å². The van der Waals surface area contributed by atoms with Gasteiger partial charge in [-0.3, -0.25) is 0 Å². The van der Waals surface area contributed by atoms with E-state index in [0.29, 0.717) is 29.9 Å². The van der Waals surface area contributed by atoms with Crippen LogP contribution < -0.4 is 9.47 Å². The SMILES string of the molecule is [2H]c1c([2H])c([2H])c(CCc2ccc(OC)c(OC)c2)c([2H])c1[2H]. The van der Waals surface area contributed by atoms with Gasteiger partial charge in [-0.15, -0.1) is 0 Å². The molecule has 0 aliphatic rings. The number of hydrogen-bond donors (Lipinski definition) is 0. The number of aryl methyl sites for hydroxylation is 1. The van der Waals surface area contributed by atoms with Gasteiger partial charge in [0.05, 0.1) is 21.1 Å². The summed E-state index contributed by atoms with van der Waals surface area (Å²) in [6, 6.07) is 4.24. The Bertz CT molecular complexity index is 702. The molecule has 2 heteroatoms. The Labute approximate surface area is 115 Å². The number of benzene rings is 2. The number of rotatable bonds is 5. The Kier molecular flexibility index (Phi) is 2.53. The van der Waals surface area contributed by atoms with Gasteiger partial charge < -0.3 is 9.47 Å². The summed E-state index contributed by atoms with van der Waals surface area (Å²) in [5.41, 5.74) is 1.26. The molecule has 2 nitrogen and oxygen atoms in total. The normalized spacial score (nSPS) is 14.0. The second kappa shape index (κ2) is 6.10. The van der Waals surface area contributed by atoms with Gasteiger partial charge in [-0.05, 0) is 36.1 Å². The van der Waals surface area contributed by atoms with Crippen LogP contribution in [0.2, 0.25) is 0 Å². The highest BCUT2D eigenvalue weighted by molar-refractivity contribution is 5.43. The van der Waals surface area contributed by atoms with Crippen molar-refractivity contribution in [1.82, 2.24) is 0 Å². The van der Waals surface area contributed by atoms with Crippen molar-refractivity contribution in [2.24, 2.45) is 0 Å². The Morgan fingerprint density at radius 1 is 0.889 bits per heavy atom. The van der Waals surface area contributed by atoms with E-state index in [1.807, 2.05) is 12.1 Å². The lowest BCUT2D eigenvalue weighted by Crippen LogP contribution is -1.94. The molecule has 18 heavy (non-hydrogen) atoms. The largest absolute Gasteiger partial charge is 0.493 e. The first-order valence-corrected chi connectivity index (χ1v) is 5.67. The molecule has 0 heterocycles. The molecule has 94 valence electrons. The van der Waals surface area contributed by atoms with Crippen molar-refractivity contribution in [2.45, 2.75) is 12.8 Å². The van der Waals surface area contributed by atoms with Gasteiger partial charge in [-0.1, -0.05) is 36.3 Å². The van der Waals surface area contributed by atoms with Crippen LogP contribution in [0.5, 0.6) is 11.5 Å². The van der Waals surface area contributed by atoms with E-state index >= 15 is 0 Å². The Hall–Kier alpha value is -1.96. The highest BCUT2D eigenvalue weighted by Crippen LogP contribution is 2.27. The van der Waals surface area contributed by atoms with Crippen molar-refractivity contribution in [3.8, 4) is 11.5 Å². The molecule has 0 unspecified atom stereocenters. The summed E-state index contributed by atoms with van der Waals surface area (Å²) in [4.78, 5) is 0. The van der Waals surface area contributed by atoms with E-state index in [1.54, 1.807) is 20.3 Å². The highest BCUT2D eigenvalue weighted by atomic mass is 16.5. The maximum absolute atomic E-state index is 7.93. The van der Waals surface area contributed by atoms with Crippen LogP contribution >= 0.6 is 0 Å². The third kappa shape index (κ3) is 3.04. The van der Waals surface area contributed by atoms with Crippen LogP contribution in [-0.4, -0.2) is 14.2 Å². The molecule has 0 aromatic heterocycles. The van der Waals surface area contributed by atoms with Crippen molar-refractivity contribution in [3.63, 3.8) is 0 Å². The van der Waals surface area contributed by atoms with E-state index in [-0.39, 0.29) is 30.2 Å². The fraction of sp³-hybridized carbons (Fsp3) is 0.250. The van der Waals surface area contributed by atoms with Gasteiger partial charge in [0.1, 0.15) is 0 Å². The summed E-state index contributed by atoms with van der Waals surface area (Å²) in [5, 5.41) is 0. The number of ether oxygens (including phenoxy) is 2. The number of hydrogen-bond acceptors (Lipinski definition) is 2. The van der Waals surface area contributed by atoms with Gasteiger partial charge in [0.25, 0.3) is 0 Å². The average Bonchev–Trinajstić information content (AvgIpc) is 2.57. The van der Waals surface area contributed by atoms with E-state index in [4.69, 9.17) is 16.3 Å². The zero-order valence-corrected chi connectivity index (χ0v) is 10.5. The fourth-order valence-electron chi connectivity index (χ4n) is 1.71. The molecule has 2 rings (SSSR count). The zero-order valence-electron chi connectivity index (χ0n) is 15.5. The first-order chi connectivity index (χ1) is 10.9. The van der Waals surface area contributed by atoms with E-state index < -0.39 is 0 Å². The lowest BCUT2D eigenvalue weighted by molar-refractivity contribution is 0.354. The van der Waals surface area contributed by atoms with Crippen molar-refractivity contribution >= 4 is 0 Å². The van der Waals surface area contributed by atoms with E-state index in [1.165, 1.54) is 0 Å². The molecule has 0 saturated heterocycles. The first kappa shape index (κ1) is 7.47. The van der Waals surface area contributed by atoms with Crippen molar-refractivity contribution in [2.75, 3.05) is 14.2 Å². The van der Waals surface area contributed by atoms with Gasteiger partial charge in [-0.2, -0.15) is 0 Å². The molecule has 0 amide bonds. The molecule has 2 aromatic rings. The summed E-state index contributed by atoms with van der Waals surface area (Å²) >= 11 is 0. The van der Waals surface area contributed by atoms with Gasteiger partial charge in [0.2, 0.25) is 0 Å². The predicted molar refractivity (Wildman–Crippen MR) is 73.4 cm³/mol. The van der Waals surface area contributed by atoms with Crippen molar-refractivity contribution in [3.05, 3.63) is 59.5 Å². The van der Waals surface area contributed by atoms with E-state index in [0.717, 1.165) is 5.56 Å². The van der Waals surface area contributed by atoms with Crippen LogP contribution in [0.4, 0.5) is 0 Å². The summed E-state index contributed by atoms with van der Waals surface area (Å²) in [6.07, 6.45) is 0.888. The molecule has 0 saturated carbocycles. The summed E-state index contributed by atoms with van der Waals surface area (Å²) in [6.45, 7) is 0. The Balaban J connectivity index is 2.28. The molecular weight excluding hydrogens is 224 g/mol. The molecule has 0 bridgehead atoms. The summed E-state index contributed by atoms with van der Waals surface area (Å²) in [5.74, 6) is 1.23. The summed E-state index contributed by atoms with van der Waals surface area (Å²) in [7, 11) is 3.11. The monoisotopic (exact) mass is 247 g/mol.